The van der Waals surface area contributed by atoms with Gasteiger partial charge in [0.1, 0.15) is 0 Å². The fraction of sp³-hybridized carbons (Fsp3) is 0.333. The lowest BCUT2D eigenvalue weighted by Crippen LogP contribution is -2.43. The molecule has 4 nitrogen and oxygen atoms in total. The van der Waals surface area contributed by atoms with Gasteiger partial charge in [-0.15, -0.1) is 0 Å². The van der Waals surface area contributed by atoms with E-state index in [0.29, 0.717) is 17.5 Å². The molecule has 28 heavy (non-hydrogen) atoms. The van der Waals surface area contributed by atoms with Crippen molar-refractivity contribution >= 4 is 16.7 Å². The number of rotatable bonds is 3. The summed E-state index contributed by atoms with van der Waals surface area (Å²) in [7, 11) is 0. The predicted molar refractivity (Wildman–Crippen MR) is 111 cm³/mol. The number of carbonyl (C=O) groups excluding carboxylic acids is 1. The molecule has 3 aromatic rings. The molecule has 3 fully saturated rings. The highest BCUT2D eigenvalue weighted by Crippen LogP contribution is 2.30. The lowest BCUT2D eigenvalue weighted by Gasteiger charge is -2.36. The maximum Gasteiger partial charge on any atom is 0.255 e. The SMILES string of the molecule is O=C(c1cccnc1)N1C[C@@H]2CC[C@H](C1)N(Cc1ccc3ccccc3c1)C2. The lowest BCUT2D eigenvalue weighted by molar-refractivity contribution is 0.0735. The van der Waals surface area contributed by atoms with Gasteiger partial charge in [0.15, 0.2) is 0 Å². The average Bonchev–Trinajstić information content (AvgIpc) is 3.06. The number of pyridine rings is 1. The van der Waals surface area contributed by atoms with Crippen LogP contribution in [0.15, 0.2) is 67.0 Å². The second-order valence-electron chi connectivity index (χ2n) is 8.16. The number of hydrogen-bond acceptors (Lipinski definition) is 3. The number of carbonyl (C=O) groups is 1. The summed E-state index contributed by atoms with van der Waals surface area (Å²) in [5, 5.41) is 2.59. The molecule has 2 aromatic carbocycles. The standard InChI is InChI=1S/C24H25N3O/c28-24(22-6-3-11-25-13-22)27-16-19-8-10-23(17-27)26(15-19)14-18-7-9-20-4-1-2-5-21(20)12-18/h1-7,9,11-13,19,23H,8,10,14-17H2/t19-,23-/m1/s1. The molecule has 3 aliphatic rings. The van der Waals surface area contributed by atoms with E-state index in [-0.39, 0.29) is 5.91 Å². The molecule has 0 radical (unpaired) electrons. The molecule has 1 aromatic heterocycles. The van der Waals surface area contributed by atoms with Gasteiger partial charge >= 0.3 is 0 Å². The van der Waals surface area contributed by atoms with Crippen LogP contribution in [0, 0.1) is 5.92 Å². The van der Waals surface area contributed by atoms with Gasteiger partial charge in [0, 0.05) is 44.6 Å². The molecule has 6 rings (SSSR count). The van der Waals surface area contributed by atoms with E-state index in [4.69, 9.17) is 0 Å². The Hall–Kier alpha value is -2.72. The zero-order valence-electron chi connectivity index (χ0n) is 16.0. The smallest absolute Gasteiger partial charge is 0.255 e. The van der Waals surface area contributed by atoms with Crippen LogP contribution in [0.3, 0.4) is 0 Å². The minimum absolute atomic E-state index is 0.123. The maximum absolute atomic E-state index is 13.0. The molecule has 0 saturated carbocycles. The van der Waals surface area contributed by atoms with Crippen LogP contribution in [0.25, 0.3) is 10.8 Å². The number of aromatic nitrogens is 1. The number of amides is 1. The third kappa shape index (κ3) is 3.40. The molecule has 142 valence electrons. The van der Waals surface area contributed by atoms with Crippen LogP contribution in [0.5, 0.6) is 0 Å². The highest BCUT2D eigenvalue weighted by Gasteiger charge is 2.36. The molecule has 4 heteroatoms. The van der Waals surface area contributed by atoms with Crippen molar-refractivity contribution in [3.05, 3.63) is 78.1 Å². The van der Waals surface area contributed by atoms with E-state index >= 15 is 0 Å². The summed E-state index contributed by atoms with van der Waals surface area (Å²) >= 11 is 0. The van der Waals surface area contributed by atoms with Gasteiger partial charge in [0.05, 0.1) is 5.56 Å². The molecule has 3 aliphatic heterocycles. The van der Waals surface area contributed by atoms with Gasteiger partial charge in [0.2, 0.25) is 0 Å². The molecule has 1 amide bonds. The molecule has 4 heterocycles. The van der Waals surface area contributed by atoms with E-state index in [0.717, 1.165) is 26.2 Å². The second kappa shape index (κ2) is 7.36. The van der Waals surface area contributed by atoms with E-state index < -0.39 is 0 Å². The number of hydrogen-bond donors (Lipinski definition) is 0. The van der Waals surface area contributed by atoms with Crippen molar-refractivity contribution in [1.29, 1.82) is 0 Å². The third-order valence-corrected chi connectivity index (χ3v) is 6.22. The van der Waals surface area contributed by atoms with Crippen molar-refractivity contribution in [2.75, 3.05) is 19.6 Å². The number of fused-ring (bicyclic) bond motifs is 5. The Labute approximate surface area is 165 Å². The van der Waals surface area contributed by atoms with Crippen molar-refractivity contribution < 1.29 is 4.79 Å². The fourth-order valence-corrected chi connectivity index (χ4v) is 4.78. The first-order valence-electron chi connectivity index (χ1n) is 10.2. The summed E-state index contributed by atoms with van der Waals surface area (Å²) in [6.45, 7) is 3.71. The van der Waals surface area contributed by atoms with E-state index in [2.05, 4.69) is 57.2 Å². The van der Waals surface area contributed by atoms with E-state index in [1.54, 1.807) is 12.4 Å². The van der Waals surface area contributed by atoms with E-state index in [1.165, 1.54) is 29.2 Å². The van der Waals surface area contributed by atoms with Crippen molar-refractivity contribution in [2.24, 2.45) is 5.92 Å². The summed E-state index contributed by atoms with van der Waals surface area (Å²) in [4.78, 5) is 21.7. The summed E-state index contributed by atoms with van der Waals surface area (Å²) < 4.78 is 0. The Kier molecular flexibility index (Phi) is 4.57. The summed E-state index contributed by atoms with van der Waals surface area (Å²) in [5.74, 6) is 0.678. The quantitative estimate of drug-likeness (QED) is 0.699. The molecule has 0 spiro atoms. The molecule has 3 saturated heterocycles. The Morgan fingerprint density at radius 2 is 1.86 bits per heavy atom. The minimum atomic E-state index is 0.123. The van der Waals surface area contributed by atoms with Crippen molar-refractivity contribution in [1.82, 2.24) is 14.8 Å². The monoisotopic (exact) mass is 371 g/mol. The zero-order chi connectivity index (χ0) is 18.9. The number of piperidine rings is 1. The van der Waals surface area contributed by atoms with Crippen LogP contribution in [0.4, 0.5) is 0 Å². The van der Waals surface area contributed by atoms with Gasteiger partial charge in [-0.2, -0.15) is 0 Å². The number of nitrogens with zero attached hydrogens (tertiary/aromatic N) is 3. The first-order valence-corrected chi connectivity index (χ1v) is 10.2. The first-order chi connectivity index (χ1) is 13.8. The first kappa shape index (κ1) is 17.4. The van der Waals surface area contributed by atoms with Gasteiger partial charge in [-0.05, 0) is 53.3 Å². The zero-order valence-corrected chi connectivity index (χ0v) is 16.0. The second-order valence-corrected chi connectivity index (χ2v) is 8.16. The van der Waals surface area contributed by atoms with Crippen molar-refractivity contribution in [3.8, 4) is 0 Å². The highest BCUT2D eigenvalue weighted by molar-refractivity contribution is 5.94. The van der Waals surface area contributed by atoms with Crippen LogP contribution in [-0.2, 0) is 6.54 Å². The molecule has 2 bridgehead atoms. The van der Waals surface area contributed by atoms with E-state index in [1.807, 2.05) is 12.1 Å². The third-order valence-electron chi connectivity index (χ3n) is 6.22. The van der Waals surface area contributed by atoms with Crippen LogP contribution in [-0.4, -0.2) is 46.4 Å². The molecular formula is C24H25N3O. The molecule has 0 N–H and O–H groups in total. The topological polar surface area (TPSA) is 36.4 Å². The Bertz CT molecular complexity index is 987. The van der Waals surface area contributed by atoms with Crippen LogP contribution >= 0.6 is 0 Å². The van der Waals surface area contributed by atoms with Crippen molar-refractivity contribution in [3.63, 3.8) is 0 Å². The molecule has 2 atom stereocenters. The maximum atomic E-state index is 13.0. The normalized spacial score (nSPS) is 22.4. The summed E-state index contributed by atoms with van der Waals surface area (Å²) in [5.41, 5.74) is 2.06. The van der Waals surface area contributed by atoms with E-state index in [9.17, 15) is 4.79 Å². The van der Waals surface area contributed by atoms with Gasteiger partial charge < -0.3 is 4.90 Å². The summed E-state index contributed by atoms with van der Waals surface area (Å²) in [6, 6.07) is 19.5. The largest absolute Gasteiger partial charge is 0.337 e. The molecular weight excluding hydrogens is 346 g/mol. The fourth-order valence-electron chi connectivity index (χ4n) is 4.78. The number of benzene rings is 2. The minimum Gasteiger partial charge on any atom is -0.337 e. The van der Waals surface area contributed by atoms with Crippen LogP contribution < -0.4 is 0 Å². The summed E-state index contributed by atoms with van der Waals surface area (Å²) in [6.07, 6.45) is 5.79. The van der Waals surface area contributed by atoms with Gasteiger partial charge in [-0.25, -0.2) is 0 Å². The Morgan fingerprint density at radius 3 is 2.71 bits per heavy atom. The molecule has 0 unspecified atom stereocenters. The van der Waals surface area contributed by atoms with Crippen molar-refractivity contribution in [2.45, 2.75) is 25.4 Å². The van der Waals surface area contributed by atoms with Crippen LogP contribution in [0.2, 0.25) is 0 Å². The predicted octanol–water partition coefficient (Wildman–Crippen LogP) is 3.97. The molecule has 0 aliphatic carbocycles. The Balaban J connectivity index is 1.34. The average molecular weight is 371 g/mol. The van der Waals surface area contributed by atoms with Gasteiger partial charge in [0.25, 0.3) is 5.91 Å². The Morgan fingerprint density at radius 1 is 0.964 bits per heavy atom. The lowest BCUT2D eigenvalue weighted by atomic mass is 9.94. The van der Waals surface area contributed by atoms with Gasteiger partial charge in [-0.3, -0.25) is 14.7 Å². The van der Waals surface area contributed by atoms with Crippen LogP contribution in [0.1, 0.15) is 28.8 Å². The van der Waals surface area contributed by atoms with Gasteiger partial charge in [-0.1, -0.05) is 36.4 Å². The highest BCUT2D eigenvalue weighted by atomic mass is 16.2.